The van der Waals surface area contributed by atoms with Crippen LogP contribution in [0.3, 0.4) is 0 Å². The Balaban J connectivity index is 1.26. The maximum Gasteiger partial charge on any atom is 0.226 e. The standard InChI is InChI=1S/C20H33N5O/c1-22-14-17(13-21-22)15-23-11-6-19(7-12-23)25-10-4-5-18(16-25)20(26)24-8-2-3-9-24/h13-14,18-19H,2-12,15-16H2,1H3/t18-/m0/s1. The molecule has 1 amide bonds. The molecule has 144 valence electrons. The Labute approximate surface area is 157 Å². The summed E-state index contributed by atoms with van der Waals surface area (Å²) < 4.78 is 1.88. The van der Waals surface area contributed by atoms with E-state index >= 15 is 0 Å². The summed E-state index contributed by atoms with van der Waals surface area (Å²) in [5, 5.41) is 4.27. The summed E-state index contributed by atoms with van der Waals surface area (Å²) in [6.07, 6.45) is 11.2. The van der Waals surface area contributed by atoms with E-state index in [1.807, 2.05) is 17.9 Å². The number of amides is 1. The summed E-state index contributed by atoms with van der Waals surface area (Å²) in [5.74, 6) is 0.677. The SMILES string of the molecule is Cn1cc(CN2CCC(N3CCC[C@H](C(=O)N4CCCC4)C3)CC2)cn1. The Morgan fingerprint density at radius 1 is 1.08 bits per heavy atom. The molecule has 0 aliphatic carbocycles. The van der Waals surface area contributed by atoms with Gasteiger partial charge in [-0.1, -0.05) is 0 Å². The van der Waals surface area contributed by atoms with E-state index in [1.54, 1.807) is 0 Å². The van der Waals surface area contributed by atoms with Gasteiger partial charge in [-0.25, -0.2) is 0 Å². The van der Waals surface area contributed by atoms with Crippen molar-refractivity contribution in [1.29, 1.82) is 0 Å². The summed E-state index contributed by atoms with van der Waals surface area (Å²) in [7, 11) is 1.98. The first-order valence-electron chi connectivity index (χ1n) is 10.4. The van der Waals surface area contributed by atoms with Crippen LogP contribution in [0, 0.1) is 5.92 Å². The van der Waals surface area contributed by atoms with Crippen LogP contribution in [0.4, 0.5) is 0 Å². The van der Waals surface area contributed by atoms with Crippen molar-refractivity contribution in [3.05, 3.63) is 18.0 Å². The Kier molecular flexibility index (Phi) is 5.60. The molecule has 26 heavy (non-hydrogen) atoms. The number of rotatable bonds is 4. The van der Waals surface area contributed by atoms with Gasteiger partial charge in [-0.15, -0.1) is 0 Å². The molecule has 3 aliphatic rings. The summed E-state index contributed by atoms with van der Waals surface area (Å²) in [4.78, 5) is 20.1. The van der Waals surface area contributed by atoms with Crippen LogP contribution in [0.2, 0.25) is 0 Å². The van der Waals surface area contributed by atoms with E-state index in [1.165, 1.54) is 44.2 Å². The number of hydrogen-bond donors (Lipinski definition) is 0. The molecule has 0 bridgehead atoms. The fourth-order valence-corrected chi connectivity index (χ4v) is 4.99. The van der Waals surface area contributed by atoms with Gasteiger partial charge in [0.15, 0.2) is 0 Å². The Hall–Kier alpha value is -1.40. The summed E-state index contributed by atoms with van der Waals surface area (Å²) >= 11 is 0. The molecule has 0 saturated carbocycles. The highest BCUT2D eigenvalue weighted by molar-refractivity contribution is 5.79. The lowest BCUT2D eigenvalue weighted by Gasteiger charge is -2.42. The molecule has 4 rings (SSSR count). The van der Waals surface area contributed by atoms with Gasteiger partial charge in [-0.3, -0.25) is 19.3 Å². The Morgan fingerprint density at radius 3 is 2.54 bits per heavy atom. The molecule has 1 aromatic heterocycles. The van der Waals surface area contributed by atoms with E-state index in [2.05, 4.69) is 26.0 Å². The molecule has 0 radical (unpaired) electrons. The maximum atomic E-state index is 12.8. The second kappa shape index (κ2) is 8.09. The van der Waals surface area contributed by atoms with Crippen LogP contribution >= 0.6 is 0 Å². The van der Waals surface area contributed by atoms with E-state index in [0.717, 1.165) is 45.7 Å². The zero-order chi connectivity index (χ0) is 17.9. The van der Waals surface area contributed by atoms with Gasteiger partial charge in [0.05, 0.1) is 12.1 Å². The van der Waals surface area contributed by atoms with Gasteiger partial charge in [-0.05, 0) is 58.2 Å². The minimum atomic E-state index is 0.246. The van der Waals surface area contributed by atoms with Crippen LogP contribution in [-0.4, -0.2) is 75.7 Å². The van der Waals surface area contributed by atoms with Gasteiger partial charge in [-0.2, -0.15) is 5.10 Å². The van der Waals surface area contributed by atoms with Crippen molar-refractivity contribution in [3.63, 3.8) is 0 Å². The fraction of sp³-hybridized carbons (Fsp3) is 0.800. The van der Waals surface area contributed by atoms with Crippen LogP contribution in [0.25, 0.3) is 0 Å². The minimum Gasteiger partial charge on any atom is -0.342 e. The van der Waals surface area contributed by atoms with E-state index in [0.29, 0.717) is 11.9 Å². The molecule has 3 fully saturated rings. The Morgan fingerprint density at radius 2 is 1.85 bits per heavy atom. The smallest absolute Gasteiger partial charge is 0.226 e. The highest BCUT2D eigenvalue weighted by Gasteiger charge is 2.34. The molecule has 3 aliphatic heterocycles. The molecule has 0 unspecified atom stereocenters. The van der Waals surface area contributed by atoms with E-state index in [4.69, 9.17) is 0 Å². The Bertz CT molecular complexity index is 601. The average Bonchev–Trinajstić information content (AvgIpc) is 3.34. The molecule has 0 spiro atoms. The predicted octanol–water partition coefficient (Wildman–Crippen LogP) is 1.72. The van der Waals surface area contributed by atoms with Crippen LogP contribution < -0.4 is 0 Å². The van der Waals surface area contributed by atoms with Crippen molar-refractivity contribution < 1.29 is 4.79 Å². The number of nitrogens with zero attached hydrogens (tertiary/aromatic N) is 5. The van der Waals surface area contributed by atoms with Crippen LogP contribution in [0.5, 0.6) is 0 Å². The molecular weight excluding hydrogens is 326 g/mol. The summed E-state index contributed by atoms with van der Waals surface area (Å²) in [6, 6.07) is 0.661. The first-order valence-corrected chi connectivity index (χ1v) is 10.4. The van der Waals surface area contributed by atoms with Crippen molar-refractivity contribution in [2.45, 2.75) is 51.1 Å². The zero-order valence-electron chi connectivity index (χ0n) is 16.1. The number of carbonyl (C=O) groups excluding carboxylic acids is 1. The number of aromatic nitrogens is 2. The molecule has 4 heterocycles. The lowest BCUT2D eigenvalue weighted by Crippen LogP contribution is -2.50. The lowest BCUT2D eigenvalue weighted by molar-refractivity contribution is -0.136. The van der Waals surface area contributed by atoms with Crippen molar-refractivity contribution >= 4 is 5.91 Å². The average molecular weight is 360 g/mol. The molecule has 1 atom stereocenters. The van der Waals surface area contributed by atoms with Gasteiger partial charge >= 0.3 is 0 Å². The minimum absolute atomic E-state index is 0.246. The molecule has 3 saturated heterocycles. The van der Waals surface area contributed by atoms with Crippen LogP contribution in [0.15, 0.2) is 12.4 Å². The number of hydrogen-bond acceptors (Lipinski definition) is 4. The van der Waals surface area contributed by atoms with Crippen molar-refractivity contribution in [2.24, 2.45) is 13.0 Å². The zero-order valence-corrected chi connectivity index (χ0v) is 16.1. The van der Waals surface area contributed by atoms with Gasteiger partial charge < -0.3 is 4.90 Å². The fourth-order valence-electron chi connectivity index (χ4n) is 4.99. The number of likely N-dealkylation sites (tertiary alicyclic amines) is 3. The number of carbonyl (C=O) groups is 1. The number of piperidine rings is 2. The first-order chi connectivity index (χ1) is 12.7. The highest BCUT2D eigenvalue weighted by atomic mass is 16.2. The first kappa shape index (κ1) is 18.0. The molecule has 1 aromatic rings. The van der Waals surface area contributed by atoms with E-state index in [9.17, 15) is 4.79 Å². The number of aryl methyl sites for hydroxylation is 1. The third-order valence-corrected chi connectivity index (χ3v) is 6.46. The van der Waals surface area contributed by atoms with E-state index in [-0.39, 0.29) is 5.92 Å². The van der Waals surface area contributed by atoms with Crippen molar-refractivity contribution in [1.82, 2.24) is 24.5 Å². The molecule has 6 nitrogen and oxygen atoms in total. The summed E-state index contributed by atoms with van der Waals surface area (Å²) in [5.41, 5.74) is 1.31. The second-order valence-electron chi connectivity index (χ2n) is 8.40. The largest absolute Gasteiger partial charge is 0.342 e. The maximum absolute atomic E-state index is 12.8. The van der Waals surface area contributed by atoms with Gasteiger partial charge in [0.2, 0.25) is 5.91 Å². The topological polar surface area (TPSA) is 44.6 Å². The van der Waals surface area contributed by atoms with Gasteiger partial charge in [0, 0.05) is 51.0 Å². The van der Waals surface area contributed by atoms with Crippen LogP contribution in [0.1, 0.15) is 44.1 Å². The molecule has 6 heteroatoms. The monoisotopic (exact) mass is 359 g/mol. The van der Waals surface area contributed by atoms with E-state index < -0.39 is 0 Å². The third-order valence-electron chi connectivity index (χ3n) is 6.46. The second-order valence-corrected chi connectivity index (χ2v) is 8.40. The molecule has 0 aromatic carbocycles. The van der Waals surface area contributed by atoms with Crippen molar-refractivity contribution in [2.75, 3.05) is 39.3 Å². The third kappa shape index (κ3) is 4.12. The highest BCUT2D eigenvalue weighted by Crippen LogP contribution is 2.26. The predicted molar refractivity (Wildman–Crippen MR) is 102 cm³/mol. The molecule has 0 N–H and O–H groups in total. The van der Waals surface area contributed by atoms with Crippen LogP contribution in [-0.2, 0) is 18.4 Å². The van der Waals surface area contributed by atoms with Gasteiger partial charge in [0.1, 0.15) is 0 Å². The normalized spacial score (nSPS) is 26.5. The van der Waals surface area contributed by atoms with Crippen molar-refractivity contribution in [3.8, 4) is 0 Å². The molecular formula is C20H33N5O. The summed E-state index contributed by atoms with van der Waals surface area (Å²) in [6.45, 7) is 7.46. The quantitative estimate of drug-likeness (QED) is 0.821. The van der Waals surface area contributed by atoms with Gasteiger partial charge in [0.25, 0.3) is 0 Å². The lowest BCUT2D eigenvalue weighted by atomic mass is 9.93.